The zero-order chi connectivity index (χ0) is 16.9. The van der Waals surface area contributed by atoms with Gasteiger partial charge in [-0.1, -0.05) is 35.5 Å². The predicted octanol–water partition coefficient (Wildman–Crippen LogP) is 4.45. The fourth-order valence-corrected chi connectivity index (χ4v) is 2.65. The van der Waals surface area contributed by atoms with E-state index >= 15 is 0 Å². The van der Waals surface area contributed by atoms with Crippen molar-refractivity contribution in [2.24, 2.45) is 0 Å². The van der Waals surface area contributed by atoms with E-state index < -0.39 is 0 Å². The number of nitrogens with one attached hydrogen (secondary N) is 1. The van der Waals surface area contributed by atoms with Crippen molar-refractivity contribution in [3.63, 3.8) is 0 Å². The highest BCUT2D eigenvalue weighted by Gasteiger charge is 2.21. The van der Waals surface area contributed by atoms with Gasteiger partial charge in [-0.05, 0) is 36.6 Å². The maximum atomic E-state index is 11.4. The van der Waals surface area contributed by atoms with Crippen LogP contribution in [0, 0.1) is 0 Å². The Bertz CT molecular complexity index is 740. The Labute approximate surface area is 149 Å². The molecule has 0 radical (unpaired) electrons. The number of ether oxygens (including phenoxy) is 3. The molecule has 0 aromatic heterocycles. The number of anilines is 1. The summed E-state index contributed by atoms with van der Waals surface area (Å²) in [5.74, 6) is 1.97. The van der Waals surface area contributed by atoms with Gasteiger partial charge in [0.05, 0.1) is 5.02 Å². The lowest BCUT2D eigenvalue weighted by Crippen LogP contribution is -2.34. The second-order valence-corrected chi connectivity index (χ2v) is 6.26. The molecule has 7 heteroatoms. The molecule has 2 aromatic rings. The van der Waals surface area contributed by atoms with E-state index in [1.807, 2.05) is 24.3 Å². The molecule has 0 bridgehead atoms. The Morgan fingerprint density at radius 1 is 1.33 bits per heavy atom. The molecule has 5 nitrogen and oxygen atoms in total. The first-order valence-corrected chi connectivity index (χ1v) is 8.92. The molecular weight excluding hydrogens is 350 g/mol. The quantitative estimate of drug-likeness (QED) is 0.867. The smallest absolute Gasteiger partial charge is 0.283 e. The van der Waals surface area contributed by atoms with E-state index in [0.717, 1.165) is 17.5 Å². The molecule has 0 fully saturated rings. The van der Waals surface area contributed by atoms with Crippen LogP contribution < -0.4 is 19.5 Å². The van der Waals surface area contributed by atoms with Crippen molar-refractivity contribution in [2.75, 3.05) is 24.8 Å². The molecule has 1 aliphatic rings. The maximum absolute atomic E-state index is 11.4. The molecule has 1 aliphatic heterocycles. The van der Waals surface area contributed by atoms with E-state index in [-0.39, 0.29) is 11.3 Å². The molecule has 1 atom stereocenters. The number of benzene rings is 2. The second kappa shape index (κ2) is 7.68. The Balaban J connectivity index is 1.58. The average Bonchev–Trinajstić information content (AvgIpc) is 2.60. The zero-order valence-corrected chi connectivity index (χ0v) is 14.5. The fourth-order valence-electron chi connectivity index (χ4n) is 2.19. The zero-order valence-electron chi connectivity index (χ0n) is 13.0. The standard InChI is InChI=1S/C17H16ClNO4S/c1-24-17(20)19-11-6-7-14(13(18)8-11)21-9-12-10-22-15-4-2-3-5-16(15)23-12/h2-8,12H,9-10H2,1H3,(H,19,20). The maximum Gasteiger partial charge on any atom is 0.283 e. The number of hydrogen-bond acceptors (Lipinski definition) is 5. The van der Waals surface area contributed by atoms with Gasteiger partial charge < -0.3 is 19.5 Å². The topological polar surface area (TPSA) is 56.8 Å². The number of para-hydroxylation sites is 2. The van der Waals surface area contributed by atoms with Crippen LogP contribution >= 0.6 is 23.4 Å². The normalized spacial score (nSPS) is 15.7. The van der Waals surface area contributed by atoms with E-state index in [1.165, 1.54) is 0 Å². The molecule has 3 rings (SSSR count). The van der Waals surface area contributed by atoms with Gasteiger partial charge in [0.25, 0.3) is 5.24 Å². The lowest BCUT2D eigenvalue weighted by Gasteiger charge is -2.26. The first kappa shape index (κ1) is 16.8. The highest BCUT2D eigenvalue weighted by Crippen LogP contribution is 2.32. The minimum absolute atomic E-state index is 0.147. The van der Waals surface area contributed by atoms with E-state index in [2.05, 4.69) is 5.32 Å². The van der Waals surface area contributed by atoms with Crippen LogP contribution in [-0.4, -0.2) is 30.8 Å². The summed E-state index contributed by atoms with van der Waals surface area (Å²) in [6, 6.07) is 12.6. The number of hydrogen-bond donors (Lipinski definition) is 1. The van der Waals surface area contributed by atoms with Gasteiger partial charge >= 0.3 is 0 Å². The fraction of sp³-hybridized carbons (Fsp3) is 0.235. The molecule has 1 unspecified atom stereocenters. The van der Waals surface area contributed by atoms with Gasteiger partial charge in [-0.3, -0.25) is 4.79 Å². The molecule has 0 saturated heterocycles. The Hall–Kier alpha value is -2.05. The minimum atomic E-state index is -0.216. The molecule has 0 aliphatic carbocycles. The highest BCUT2D eigenvalue weighted by molar-refractivity contribution is 8.13. The van der Waals surface area contributed by atoms with Gasteiger partial charge in [-0.25, -0.2) is 0 Å². The van der Waals surface area contributed by atoms with Crippen LogP contribution in [0.4, 0.5) is 10.5 Å². The molecule has 24 heavy (non-hydrogen) atoms. The number of carbonyl (C=O) groups is 1. The van der Waals surface area contributed by atoms with Crippen molar-refractivity contribution < 1.29 is 19.0 Å². The lowest BCUT2D eigenvalue weighted by atomic mass is 10.2. The number of rotatable bonds is 4. The number of amides is 1. The minimum Gasteiger partial charge on any atom is -0.488 e. The summed E-state index contributed by atoms with van der Waals surface area (Å²) in [6.45, 7) is 0.723. The number of carbonyl (C=O) groups excluding carboxylic acids is 1. The van der Waals surface area contributed by atoms with Crippen molar-refractivity contribution in [1.82, 2.24) is 0 Å². The molecule has 1 amide bonds. The molecule has 2 aromatic carbocycles. The number of fused-ring (bicyclic) bond motifs is 1. The van der Waals surface area contributed by atoms with Crippen molar-refractivity contribution in [2.45, 2.75) is 6.10 Å². The summed E-state index contributed by atoms with van der Waals surface area (Å²) in [5.41, 5.74) is 0.623. The number of thioether (sulfide) groups is 1. The Morgan fingerprint density at radius 2 is 2.12 bits per heavy atom. The van der Waals surface area contributed by atoms with Crippen LogP contribution in [0.15, 0.2) is 42.5 Å². The van der Waals surface area contributed by atoms with E-state index in [4.69, 9.17) is 25.8 Å². The predicted molar refractivity (Wildman–Crippen MR) is 95.8 cm³/mol. The molecular formula is C17H16ClNO4S. The van der Waals surface area contributed by atoms with Gasteiger partial charge in [-0.15, -0.1) is 0 Å². The van der Waals surface area contributed by atoms with Crippen molar-refractivity contribution in [3.8, 4) is 17.2 Å². The Morgan fingerprint density at radius 3 is 2.88 bits per heavy atom. The van der Waals surface area contributed by atoms with Crippen LogP contribution in [0.3, 0.4) is 0 Å². The third-order valence-electron chi connectivity index (χ3n) is 3.36. The van der Waals surface area contributed by atoms with Gasteiger partial charge in [0.1, 0.15) is 19.0 Å². The molecule has 0 spiro atoms. The van der Waals surface area contributed by atoms with Crippen molar-refractivity contribution >= 4 is 34.3 Å². The van der Waals surface area contributed by atoms with E-state index in [9.17, 15) is 4.79 Å². The first-order chi connectivity index (χ1) is 11.7. The van der Waals surface area contributed by atoms with Crippen LogP contribution in [-0.2, 0) is 0 Å². The largest absolute Gasteiger partial charge is 0.488 e. The summed E-state index contributed by atoms with van der Waals surface area (Å²) in [7, 11) is 0. The van der Waals surface area contributed by atoms with Crippen LogP contribution in [0.1, 0.15) is 0 Å². The lowest BCUT2D eigenvalue weighted by molar-refractivity contribution is 0.0536. The van der Waals surface area contributed by atoms with Crippen molar-refractivity contribution in [1.29, 1.82) is 0 Å². The molecule has 1 N–H and O–H groups in total. The van der Waals surface area contributed by atoms with E-state index in [1.54, 1.807) is 24.5 Å². The molecule has 126 valence electrons. The number of halogens is 1. The summed E-state index contributed by atoms with van der Waals surface area (Å²) < 4.78 is 17.2. The summed E-state index contributed by atoms with van der Waals surface area (Å²) in [5, 5.41) is 2.99. The summed E-state index contributed by atoms with van der Waals surface area (Å²) in [6.07, 6.45) is 1.49. The molecule has 0 saturated carbocycles. The first-order valence-electron chi connectivity index (χ1n) is 7.31. The SMILES string of the molecule is CSC(=O)Nc1ccc(OCC2COc3ccccc3O2)c(Cl)c1. The van der Waals surface area contributed by atoms with Gasteiger partial charge in [0.2, 0.25) is 0 Å². The third-order valence-corrected chi connectivity index (χ3v) is 4.12. The second-order valence-electron chi connectivity index (χ2n) is 5.07. The average molecular weight is 366 g/mol. The van der Waals surface area contributed by atoms with Crippen LogP contribution in [0.5, 0.6) is 17.2 Å². The summed E-state index contributed by atoms with van der Waals surface area (Å²) in [4.78, 5) is 11.4. The monoisotopic (exact) mass is 365 g/mol. The Kier molecular flexibility index (Phi) is 5.37. The third kappa shape index (κ3) is 4.07. The van der Waals surface area contributed by atoms with Gasteiger partial charge in [0.15, 0.2) is 17.6 Å². The molecule has 1 heterocycles. The van der Waals surface area contributed by atoms with Gasteiger partial charge in [0, 0.05) is 5.69 Å². The van der Waals surface area contributed by atoms with Gasteiger partial charge in [-0.2, -0.15) is 0 Å². The van der Waals surface area contributed by atoms with E-state index in [0.29, 0.717) is 35.4 Å². The van der Waals surface area contributed by atoms with Crippen molar-refractivity contribution in [3.05, 3.63) is 47.5 Å². The van der Waals surface area contributed by atoms with Crippen LogP contribution in [0.2, 0.25) is 5.02 Å². The van der Waals surface area contributed by atoms with Crippen LogP contribution in [0.25, 0.3) is 0 Å². The summed E-state index contributed by atoms with van der Waals surface area (Å²) >= 11 is 7.30. The highest BCUT2D eigenvalue weighted by atomic mass is 35.5.